The highest BCUT2D eigenvalue weighted by atomic mass is 16.5. The zero-order chi connectivity index (χ0) is 11.1. The number of carbonyl (C=O) groups excluding carboxylic acids is 1. The van der Waals surface area contributed by atoms with Gasteiger partial charge in [0.05, 0.1) is 7.11 Å². The standard InChI is InChI=1S/C9H17NO4/c1-6(4-5-8(11)12)10-7(2)9(13)14-3/h6-7,10H,4-5H2,1-3H3,(H,11,12). The molecule has 0 aromatic carbocycles. The summed E-state index contributed by atoms with van der Waals surface area (Å²) >= 11 is 0. The number of hydrogen-bond donors (Lipinski definition) is 2. The number of carboxylic acid groups (broad SMARTS) is 1. The van der Waals surface area contributed by atoms with Crippen molar-refractivity contribution in [1.82, 2.24) is 5.32 Å². The molecule has 0 amide bonds. The van der Waals surface area contributed by atoms with Crippen molar-refractivity contribution in [3.05, 3.63) is 0 Å². The van der Waals surface area contributed by atoms with E-state index in [2.05, 4.69) is 10.1 Å². The van der Waals surface area contributed by atoms with Crippen molar-refractivity contribution in [2.45, 2.75) is 38.8 Å². The molecule has 0 radical (unpaired) electrons. The number of carboxylic acids is 1. The summed E-state index contributed by atoms with van der Waals surface area (Å²) in [4.78, 5) is 21.2. The summed E-state index contributed by atoms with van der Waals surface area (Å²) in [7, 11) is 1.32. The Morgan fingerprint density at radius 3 is 2.43 bits per heavy atom. The number of ether oxygens (including phenoxy) is 1. The lowest BCUT2D eigenvalue weighted by Crippen LogP contribution is -2.40. The molecule has 0 aromatic heterocycles. The predicted molar refractivity (Wildman–Crippen MR) is 50.9 cm³/mol. The molecule has 0 aliphatic carbocycles. The van der Waals surface area contributed by atoms with Crippen molar-refractivity contribution < 1.29 is 19.4 Å². The van der Waals surface area contributed by atoms with Gasteiger partial charge < -0.3 is 15.2 Å². The van der Waals surface area contributed by atoms with Gasteiger partial charge in [-0.15, -0.1) is 0 Å². The lowest BCUT2D eigenvalue weighted by Gasteiger charge is -2.17. The Kier molecular flexibility index (Phi) is 5.87. The highest BCUT2D eigenvalue weighted by Crippen LogP contribution is 1.98. The van der Waals surface area contributed by atoms with Gasteiger partial charge >= 0.3 is 11.9 Å². The van der Waals surface area contributed by atoms with Crippen molar-refractivity contribution in [2.24, 2.45) is 0 Å². The lowest BCUT2D eigenvalue weighted by molar-refractivity contribution is -0.142. The second-order valence-corrected chi connectivity index (χ2v) is 3.24. The van der Waals surface area contributed by atoms with E-state index >= 15 is 0 Å². The van der Waals surface area contributed by atoms with Gasteiger partial charge in [0.15, 0.2) is 0 Å². The maximum absolute atomic E-state index is 11.0. The summed E-state index contributed by atoms with van der Waals surface area (Å²) in [6, 6.07) is -0.413. The molecular weight excluding hydrogens is 186 g/mol. The molecule has 2 unspecified atom stereocenters. The van der Waals surface area contributed by atoms with Crippen LogP contribution in [0.2, 0.25) is 0 Å². The second-order valence-electron chi connectivity index (χ2n) is 3.24. The van der Waals surface area contributed by atoms with Gasteiger partial charge in [-0.1, -0.05) is 0 Å². The Balaban J connectivity index is 3.76. The van der Waals surface area contributed by atoms with E-state index in [4.69, 9.17) is 5.11 Å². The molecule has 5 nitrogen and oxygen atoms in total. The Morgan fingerprint density at radius 1 is 1.43 bits per heavy atom. The van der Waals surface area contributed by atoms with Gasteiger partial charge in [0.1, 0.15) is 6.04 Å². The van der Waals surface area contributed by atoms with Crippen molar-refractivity contribution in [1.29, 1.82) is 0 Å². The molecule has 2 N–H and O–H groups in total. The number of hydrogen-bond acceptors (Lipinski definition) is 4. The minimum atomic E-state index is -0.829. The van der Waals surface area contributed by atoms with Gasteiger partial charge in [-0.2, -0.15) is 0 Å². The third-order valence-electron chi connectivity index (χ3n) is 1.88. The second kappa shape index (κ2) is 6.37. The first-order valence-corrected chi connectivity index (χ1v) is 4.53. The number of aliphatic carboxylic acids is 1. The van der Waals surface area contributed by atoms with Crippen LogP contribution in [-0.4, -0.2) is 36.2 Å². The van der Waals surface area contributed by atoms with Crippen molar-refractivity contribution in [3.63, 3.8) is 0 Å². The zero-order valence-corrected chi connectivity index (χ0v) is 8.74. The summed E-state index contributed by atoms with van der Waals surface area (Å²) in [5.41, 5.74) is 0. The number of carbonyl (C=O) groups is 2. The van der Waals surface area contributed by atoms with Crippen LogP contribution in [0.25, 0.3) is 0 Å². The van der Waals surface area contributed by atoms with E-state index < -0.39 is 12.0 Å². The molecule has 0 saturated carbocycles. The molecule has 0 aliphatic heterocycles. The quantitative estimate of drug-likeness (QED) is 0.611. The SMILES string of the molecule is COC(=O)C(C)NC(C)CCC(=O)O. The highest BCUT2D eigenvalue weighted by molar-refractivity contribution is 5.75. The first kappa shape index (κ1) is 12.9. The van der Waals surface area contributed by atoms with Gasteiger partial charge in [-0.25, -0.2) is 0 Å². The lowest BCUT2D eigenvalue weighted by atomic mass is 10.1. The molecule has 2 atom stereocenters. The van der Waals surface area contributed by atoms with Gasteiger partial charge in [-0.3, -0.25) is 9.59 Å². The Bertz CT molecular complexity index is 205. The summed E-state index contributed by atoms with van der Waals surface area (Å²) in [5.74, 6) is -1.17. The maximum atomic E-state index is 11.0. The van der Waals surface area contributed by atoms with E-state index in [0.717, 1.165) is 0 Å². The van der Waals surface area contributed by atoms with Crippen LogP contribution in [0.3, 0.4) is 0 Å². The Morgan fingerprint density at radius 2 is 2.00 bits per heavy atom. The minimum absolute atomic E-state index is 0.0137. The number of nitrogens with one attached hydrogen (secondary N) is 1. The average Bonchev–Trinajstić information content (AvgIpc) is 2.13. The molecule has 0 fully saturated rings. The molecule has 0 aliphatic rings. The van der Waals surface area contributed by atoms with Crippen LogP contribution in [0.5, 0.6) is 0 Å². The first-order chi connectivity index (χ1) is 6.47. The van der Waals surface area contributed by atoms with Gasteiger partial charge in [0, 0.05) is 12.5 Å². The van der Waals surface area contributed by atoms with Crippen LogP contribution in [0, 0.1) is 0 Å². The topological polar surface area (TPSA) is 75.6 Å². The van der Waals surface area contributed by atoms with E-state index in [-0.39, 0.29) is 18.4 Å². The molecule has 0 aromatic rings. The Labute approximate surface area is 83.4 Å². The van der Waals surface area contributed by atoms with Crippen LogP contribution < -0.4 is 5.32 Å². The normalized spacial score (nSPS) is 14.5. The average molecular weight is 203 g/mol. The fraction of sp³-hybridized carbons (Fsp3) is 0.778. The largest absolute Gasteiger partial charge is 0.481 e. The van der Waals surface area contributed by atoms with Gasteiger partial charge in [0.25, 0.3) is 0 Å². The zero-order valence-electron chi connectivity index (χ0n) is 8.74. The van der Waals surface area contributed by atoms with Crippen LogP contribution in [0.1, 0.15) is 26.7 Å². The van der Waals surface area contributed by atoms with Gasteiger partial charge in [-0.05, 0) is 20.3 Å². The van der Waals surface area contributed by atoms with Crippen molar-refractivity contribution >= 4 is 11.9 Å². The molecular formula is C9H17NO4. The molecule has 0 spiro atoms. The fourth-order valence-corrected chi connectivity index (χ4v) is 1.09. The van der Waals surface area contributed by atoms with Crippen LogP contribution >= 0.6 is 0 Å². The van der Waals surface area contributed by atoms with Crippen LogP contribution in [0.4, 0.5) is 0 Å². The number of rotatable bonds is 6. The van der Waals surface area contributed by atoms with E-state index in [0.29, 0.717) is 6.42 Å². The van der Waals surface area contributed by atoms with E-state index in [1.807, 2.05) is 6.92 Å². The van der Waals surface area contributed by atoms with Crippen molar-refractivity contribution in [3.8, 4) is 0 Å². The third kappa shape index (κ3) is 5.53. The molecule has 0 saturated heterocycles. The molecule has 5 heteroatoms. The number of esters is 1. The summed E-state index contributed by atoms with van der Waals surface area (Å²) in [5, 5.41) is 11.4. The van der Waals surface area contributed by atoms with E-state index in [1.54, 1.807) is 6.92 Å². The summed E-state index contributed by atoms with van der Waals surface area (Å²) in [6.45, 7) is 3.52. The van der Waals surface area contributed by atoms with Crippen molar-refractivity contribution in [2.75, 3.05) is 7.11 Å². The summed E-state index contributed by atoms with van der Waals surface area (Å²) < 4.78 is 4.52. The minimum Gasteiger partial charge on any atom is -0.481 e. The molecule has 0 rings (SSSR count). The fourth-order valence-electron chi connectivity index (χ4n) is 1.09. The Hall–Kier alpha value is -1.10. The molecule has 14 heavy (non-hydrogen) atoms. The predicted octanol–water partition coefficient (Wildman–Crippen LogP) is 0.391. The van der Waals surface area contributed by atoms with E-state index in [1.165, 1.54) is 7.11 Å². The first-order valence-electron chi connectivity index (χ1n) is 4.53. The smallest absolute Gasteiger partial charge is 0.322 e. The van der Waals surface area contributed by atoms with Crippen LogP contribution in [-0.2, 0) is 14.3 Å². The molecule has 0 bridgehead atoms. The van der Waals surface area contributed by atoms with Crippen LogP contribution in [0.15, 0.2) is 0 Å². The third-order valence-corrected chi connectivity index (χ3v) is 1.88. The molecule has 82 valence electrons. The maximum Gasteiger partial charge on any atom is 0.322 e. The monoisotopic (exact) mass is 203 g/mol. The number of methoxy groups -OCH3 is 1. The molecule has 0 heterocycles. The van der Waals surface area contributed by atoms with Gasteiger partial charge in [0.2, 0.25) is 0 Å². The summed E-state index contributed by atoms with van der Waals surface area (Å²) in [6.07, 6.45) is 0.596. The van der Waals surface area contributed by atoms with E-state index in [9.17, 15) is 9.59 Å². The highest BCUT2D eigenvalue weighted by Gasteiger charge is 2.15.